The Bertz CT molecular complexity index is 550. The van der Waals surface area contributed by atoms with Gasteiger partial charge < -0.3 is 19.7 Å². The quantitative estimate of drug-likeness (QED) is 0.608. The van der Waals surface area contributed by atoms with Gasteiger partial charge in [0.15, 0.2) is 5.75 Å². The van der Waals surface area contributed by atoms with Crippen molar-refractivity contribution in [3.8, 4) is 11.5 Å². The van der Waals surface area contributed by atoms with E-state index in [1.54, 1.807) is 0 Å². The number of nitrogens with zero attached hydrogens (tertiary/aromatic N) is 1. The Morgan fingerprint density at radius 1 is 1.53 bits per heavy atom. The molecule has 0 bridgehead atoms. The van der Waals surface area contributed by atoms with Gasteiger partial charge in [-0.3, -0.25) is 14.9 Å². The molecule has 0 radical (unpaired) electrons. The Labute approximate surface area is 107 Å². The van der Waals surface area contributed by atoms with Gasteiger partial charge in [0.2, 0.25) is 5.75 Å². The summed E-state index contributed by atoms with van der Waals surface area (Å²) in [5.41, 5.74) is -1.75. The van der Waals surface area contributed by atoms with Gasteiger partial charge >= 0.3 is 11.7 Å². The summed E-state index contributed by atoms with van der Waals surface area (Å²) in [6, 6.07) is 2.31. The summed E-state index contributed by atoms with van der Waals surface area (Å²) in [6.45, 7) is -0.152. The molecular formula is C11H11NO7. The van der Waals surface area contributed by atoms with Gasteiger partial charge in [-0.05, 0) is 11.6 Å². The van der Waals surface area contributed by atoms with Crippen LogP contribution in [0.1, 0.15) is 5.56 Å². The van der Waals surface area contributed by atoms with Crippen LogP contribution in [0.15, 0.2) is 12.1 Å². The van der Waals surface area contributed by atoms with Crippen LogP contribution in [0.25, 0.3) is 0 Å². The Hall–Kier alpha value is -2.35. The molecule has 0 aliphatic carbocycles. The van der Waals surface area contributed by atoms with Crippen molar-refractivity contribution in [3.63, 3.8) is 0 Å². The Balaban J connectivity index is 2.61. The molecule has 1 aromatic rings. The second-order valence-corrected chi connectivity index (χ2v) is 4.18. The number of carboxylic acids is 1. The number of ether oxygens (including phenoxy) is 2. The van der Waals surface area contributed by atoms with Crippen LogP contribution in [0.3, 0.4) is 0 Å². The largest absolute Gasteiger partial charge is 0.500 e. The molecule has 102 valence electrons. The van der Waals surface area contributed by atoms with Gasteiger partial charge in [-0.1, -0.05) is 0 Å². The molecule has 1 aromatic carbocycles. The maximum absolute atomic E-state index is 11.3. The fourth-order valence-electron chi connectivity index (χ4n) is 1.88. The number of carbonyl (C=O) groups is 1. The fourth-order valence-corrected chi connectivity index (χ4v) is 1.88. The van der Waals surface area contributed by atoms with Crippen LogP contribution in [0.5, 0.6) is 11.5 Å². The van der Waals surface area contributed by atoms with E-state index in [1.807, 2.05) is 0 Å². The number of benzene rings is 1. The molecule has 8 nitrogen and oxygen atoms in total. The number of nitro benzene ring substituents is 1. The minimum absolute atomic E-state index is 0.0760. The van der Waals surface area contributed by atoms with Crippen molar-refractivity contribution < 1.29 is 29.4 Å². The number of phenols is 1. The van der Waals surface area contributed by atoms with Gasteiger partial charge in [0, 0.05) is 6.07 Å². The molecule has 0 atom stereocenters. The second kappa shape index (κ2) is 4.39. The zero-order chi connectivity index (χ0) is 14.2. The van der Waals surface area contributed by atoms with Gasteiger partial charge in [0.1, 0.15) is 5.41 Å². The second-order valence-electron chi connectivity index (χ2n) is 4.18. The van der Waals surface area contributed by atoms with Crippen molar-refractivity contribution in [1.29, 1.82) is 0 Å². The van der Waals surface area contributed by atoms with Crippen molar-refractivity contribution in [2.24, 2.45) is 0 Å². The molecule has 0 saturated carbocycles. The van der Waals surface area contributed by atoms with Gasteiger partial charge in [-0.25, -0.2) is 0 Å². The first-order chi connectivity index (χ1) is 8.92. The number of methoxy groups -OCH3 is 1. The average Bonchev–Trinajstić information content (AvgIpc) is 2.28. The third kappa shape index (κ3) is 1.85. The number of aromatic hydroxyl groups is 1. The summed E-state index contributed by atoms with van der Waals surface area (Å²) in [4.78, 5) is 21.4. The van der Waals surface area contributed by atoms with Gasteiger partial charge in [-0.2, -0.15) is 0 Å². The Morgan fingerprint density at radius 2 is 2.16 bits per heavy atom. The van der Waals surface area contributed by atoms with E-state index >= 15 is 0 Å². The maximum Gasteiger partial charge on any atom is 0.318 e. The SMILES string of the molecule is COc1cc(C2(C(=O)O)COC2)cc([N+](=O)[O-])c1O. The normalized spacial score (nSPS) is 16.5. The molecular weight excluding hydrogens is 258 g/mol. The summed E-state index contributed by atoms with van der Waals surface area (Å²) < 4.78 is 9.74. The van der Waals surface area contributed by atoms with Crippen LogP contribution in [0.2, 0.25) is 0 Å². The van der Waals surface area contributed by atoms with Crippen molar-refractivity contribution in [1.82, 2.24) is 0 Å². The highest BCUT2D eigenvalue weighted by Crippen LogP contribution is 2.42. The molecule has 1 aliphatic rings. The molecule has 2 N–H and O–H groups in total. The molecule has 1 heterocycles. The fraction of sp³-hybridized carbons (Fsp3) is 0.364. The third-order valence-electron chi connectivity index (χ3n) is 3.13. The molecule has 1 saturated heterocycles. The Morgan fingerprint density at radius 3 is 2.53 bits per heavy atom. The van der Waals surface area contributed by atoms with Crippen LogP contribution in [0, 0.1) is 10.1 Å². The lowest BCUT2D eigenvalue weighted by Crippen LogP contribution is -2.53. The lowest BCUT2D eigenvalue weighted by Gasteiger charge is -2.37. The van der Waals surface area contributed by atoms with E-state index in [2.05, 4.69) is 0 Å². The van der Waals surface area contributed by atoms with Crippen LogP contribution < -0.4 is 4.74 Å². The summed E-state index contributed by atoms with van der Waals surface area (Å²) in [5.74, 6) is -1.91. The van der Waals surface area contributed by atoms with E-state index in [1.165, 1.54) is 13.2 Å². The summed E-state index contributed by atoms with van der Waals surface area (Å²) in [6.07, 6.45) is 0. The van der Waals surface area contributed by atoms with E-state index in [0.717, 1.165) is 6.07 Å². The zero-order valence-electron chi connectivity index (χ0n) is 9.95. The van der Waals surface area contributed by atoms with Gasteiger partial charge in [0.05, 0.1) is 25.2 Å². The van der Waals surface area contributed by atoms with E-state index in [0.29, 0.717) is 0 Å². The smallest absolute Gasteiger partial charge is 0.318 e. The molecule has 8 heteroatoms. The first-order valence-electron chi connectivity index (χ1n) is 5.29. The van der Waals surface area contributed by atoms with E-state index in [4.69, 9.17) is 9.47 Å². The molecule has 0 unspecified atom stereocenters. The van der Waals surface area contributed by atoms with E-state index in [-0.39, 0.29) is 24.5 Å². The van der Waals surface area contributed by atoms with E-state index in [9.17, 15) is 25.1 Å². The Kier molecular flexibility index (Phi) is 3.03. The topological polar surface area (TPSA) is 119 Å². The first-order valence-corrected chi connectivity index (χ1v) is 5.29. The number of aliphatic carboxylic acids is 1. The summed E-state index contributed by atoms with van der Waals surface area (Å²) in [7, 11) is 1.23. The predicted octanol–water partition coefficient (Wildman–Crippen LogP) is 0.662. The summed E-state index contributed by atoms with van der Waals surface area (Å²) >= 11 is 0. The van der Waals surface area contributed by atoms with Crippen molar-refractivity contribution in [2.75, 3.05) is 20.3 Å². The highest BCUT2D eigenvalue weighted by molar-refractivity contribution is 5.84. The lowest BCUT2D eigenvalue weighted by molar-refractivity contribution is -0.386. The molecule has 2 rings (SSSR count). The lowest BCUT2D eigenvalue weighted by atomic mass is 9.78. The highest BCUT2D eigenvalue weighted by Gasteiger charge is 2.49. The monoisotopic (exact) mass is 269 g/mol. The minimum atomic E-state index is -1.33. The standard InChI is InChI=1S/C11H11NO7/c1-18-8-3-6(2-7(9(8)13)12(16)17)11(10(14)15)4-19-5-11/h2-3,13H,4-5H2,1H3,(H,14,15). The average molecular weight is 269 g/mol. The first kappa shape index (κ1) is 13.1. The van der Waals surface area contributed by atoms with Crippen LogP contribution in [-0.2, 0) is 14.9 Å². The highest BCUT2D eigenvalue weighted by atomic mass is 16.6. The zero-order valence-corrected chi connectivity index (χ0v) is 9.95. The molecule has 1 fully saturated rings. The number of hydrogen-bond donors (Lipinski definition) is 2. The van der Waals surface area contributed by atoms with Crippen molar-refractivity contribution in [2.45, 2.75) is 5.41 Å². The molecule has 0 aromatic heterocycles. The molecule has 1 aliphatic heterocycles. The van der Waals surface area contributed by atoms with Crippen LogP contribution in [-0.4, -0.2) is 41.4 Å². The number of phenolic OH excluding ortho intramolecular Hbond substituents is 1. The van der Waals surface area contributed by atoms with Crippen molar-refractivity contribution in [3.05, 3.63) is 27.8 Å². The molecule has 0 spiro atoms. The van der Waals surface area contributed by atoms with Gasteiger partial charge in [0.25, 0.3) is 0 Å². The third-order valence-corrected chi connectivity index (χ3v) is 3.13. The van der Waals surface area contributed by atoms with Crippen LogP contribution in [0.4, 0.5) is 5.69 Å². The minimum Gasteiger partial charge on any atom is -0.500 e. The molecule has 0 amide bonds. The number of carboxylic acid groups (broad SMARTS) is 1. The van der Waals surface area contributed by atoms with Crippen LogP contribution >= 0.6 is 0 Å². The van der Waals surface area contributed by atoms with Gasteiger partial charge in [-0.15, -0.1) is 0 Å². The van der Waals surface area contributed by atoms with E-state index < -0.39 is 27.7 Å². The maximum atomic E-state index is 11.3. The van der Waals surface area contributed by atoms with Crippen molar-refractivity contribution >= 4 is 11.7 Å². The summed E-state index contributed by atoms with van der Waals surface area (Å²) in [5, 5.41) is 29.7. The molecule has 19 heavy (non-hydrogen) atoms. The predicted molar refractivity (Wildman–Crippen MR) is 61.4 cm³/mol. The number of nitro groups is 1. The number of hydrogen-bond acceptors (Lipinski definition) is 6. The number of rotatable bonds is 4.